The molecule has 0 N–H and O–H groups in total. The number of ether oxygens (including phenoxy) is 1. The van der Waals surface area contributed by atoms with Crippen molar-refractivity contribution < 1.29 is 4.74 Å². The van der Waals surface area contributed by atoms with Gasteiger partial charge in [0.05, 0.1) is 17.6 Å². The predicted octanol–water partition coefficient (Wildman–Crippen LogP) is 3.50. The first-order valence-corrected chi connectivity index (χ1v) is 5.46. The van der Waals surface area contributed by atoms with E-state index in [0.717, 1.165) is 14.5 Å². The molecule has 1 heterocycles. The summed E-state index contributed by atoms with van der Waals surface area (Å²) in [5.74, 6) is 0.545. The Hall–Kier alpha value is -0.550. The molecule has 0 atom stereocenters. The molecule has 0 saturated carbocycles. The third-order valence-corrected chi connectivity index (χ3v) is 2.89. The molecule has 14 heavy (non-hydrogen) atoms. The normalized spacial score (nSPS) is 10.5. The smallest absolute Gasteiger partial charge is 0.215 e. The van der Waals surface area contributed by atoms with Gasteiger partial charge in [-0.1, -0.05) is 11.6 Å². The zero-order valence-corrected chi connectivity index (χ0v) is 10.3. The van der Waals surface area contributed by atoms with Crippen LogP contribution in [-0.4, -0.2) is 12.1 Å². The van der Waals surface area contributed by atoms with Gasteiger partial charge in [0.25, 0.3) is 0 Å². The van der Waals surface area contributed by atoms with E-state index in [1.807, 2.05) is 18.2 Å². The predicted molar refractivity (Wildman–Crippen MR) is 66.0 cm³/mol. The lowest BCUT2D eigenvalue weighted by Crippen LogP contribution is -1.89. The maximum atomic E-state index is 6.09. The molecule has 4 heteroatoms. The fourth-order valence-corrected chi connectivity index (χ4v) is 1.97. The summed E-state index contributed by atoms with van der Waals surface area (Å²) in [6, 6.07) is 7.65. The van der Waals surface area contributed by atoms with Crippen LogP contribution in [0.4, 0.5) is 0 Å². The minimum absolute atomic E-state index is 0.545. The van der Waals surface area contributed by atoms with Crippen LogP contribution in [0.15, 0.2) is 24.3 Å². The average molecular weight is 320 g/mol. The zero-order chi connectivity index (χ0) is 10.1. The van der Waals surface area contributed by atoms with Crippen molar-refractivity contribution in [1.29, 1.82) is 0 Å². The highest BCUT2D eigenvalue weighted by Gasteiger charge is 2.04. The molecule has 2 nitrogen and oxygen atoms in total. The van der Waals surface area contributed by atoms with Crippen molar-refractivity contribution in [3.05, 3.63) is 32.9 Å². The average Bonchev–Trinajstić information content (AvgIpc) is 2.19. The van der Waals surface area contributed by atoms with Gasteiger partial charge in [-0.3, -0.25) is 0 Å². The molecule has 0 aliphatic carbocycles. The molecule has 0 unspecified atom stereocenters. The van der Waals surface area contributed by atoms with Crippen molar-refractivity contribution in [2.24, 2.45) is 0 Å². The van der Waals surface area contributed by atoms with Crippen molar-refractivity contribution in [2.45, 2.75) is 0 Å². The van der Waals surface area contributed by atoms with Gasteiger partial charge in [0.1, 0.15) is 0 Å². The number of benzene rings is 1. The lowest BCUT2D eigenvalue weighted by atomic mass is 10.2. The lowest BCUT2D eigenvalue weighted by Gasteiger charge is -2.04. The number of rotatable bonds is 1. The standard InChI is InChI=1S/C10H7ClINO/c1-14-10-5-8(11)7-4-6(12)2-3-9(7)13-10/h2-5H,1H3. The highest BCUT2D eigenvalue weighted by molar-refractivity contribution is 14.1. The number of hydrogen-bond acceptors (Lipinski definition) is 2. The molecule has 0 fully saturated rings. The second kappa shape index (κ2) is 3.90. The van der Waals surface area contributed by atoms with Crippen LogP contribution in [0.1, 0.15) is 0 Å². The van der Waals surface area contributed by atoms with Crippen LogP contribution in [-0.2, 0) is 0 Å². The third-order valence-electron chi connectivity index (χ3n) is 1.91. The molecule has 0 aliphatic rings. The van der Waals surface area contributed by atoms with E-state index in [9.17, 15) is 0 Å². The van der Waals surface area contributed by atoms with Crippen LogP contribution in [0.25, 0.3) is 10.9 Å². The summed E-state index contributed by atoms with van der Waals surface area (Å²) >= 11 is 8.33. The molecule has 72 valence electrons. The van der Waals surface area contributed by atoms with Gasteiger partial charge < -0.3 is 4.74 Å². The van der Waals surface area contributed by atoms with E-state index in [0.29, 0.717) is 10.9 Å². The fourth-order valence-electron chi connectivity index (χ4n) is 1.24. The number of halogens is 2. The summed E-state index contributed by atoms with van der Waals surface area (Å²) in [5, 5.41) is 1.63. The van der Waals surface area contributed by atoms with Crippen LogP contribution in [0, 0.1) is 3.57 Å². The van der Waals surface area contributed by atoms with E-state index < -0.39 is 0 Å². The highest BCUT2D eigenvalue weighted by Crippen LogP contribution is 2.27. The molecule has 1 aromatic heterocycles. The van der Waals surface area contributed by atoms with Gasteiger partial charge in [0.2, 0.25) is 5.88 Å². The van der Waals surface area contributed by atoms with Gasteiger partial charge in [-0.05, 0) is 40.8 Å². The summed E-state index contributed by atoms with van der Waals surface area (Å²) in [6.45, 7) is 0. The Balaban J connectivity index is 2.76. The van der Waals surface area contributed by atoms with Crippen LogP contribution < -0.4 is 4.74 Å². The number of methoxy groups -OCH3 is 1. The largest absolute Gasteiger partial charge is 0.481 e. The van der Waals surface area contributed by atoms with E-state index in [1.165, 1.54) is 0 Å². The number of fused-ring (bicyclic) bond motifs is 1. The quantitative estimate of drug-likeness (QED) is 0.751. The number of pyridine rings is 1. The second-order valence-corrected chi connectivity index (χ2v) is 4.46. The Morgan fingerprint density at radius 3 is 2.86 bits per heavy atom. The number of aromatic nitrogens is 1. The molecule has 0 spiro atoms. The number of hydrogen-bond donors (Lipinski definition) is 0. The first kappa shape index (κ1) is 9.98. The van der Waals surface area contributed by atoms with Gasteiger partial charge in [0.15, 0.2) is 0 Å². The first-order valence-electron chi connectivity index (χ1n) is 4.00. The molecular formula is C10H7ClINO. The number of nitrogens with zero attached hydrogens (tertiary/aromatic N) is 1. The van der Waals surface area contributed by atoms with Gasteiger partial charge in [0, 0.05) is 15.0 Å². The molecule has 2 aromatic rings. The van der Waals surface area contributed by atoms with Gasteiger partial charge >= 0.3 is 0 Å². The maximum Gasteiger partial charge on any atom is 0.215 e. The minimum atomic E-state index is 0.545. The highest BCUT2D eigenvalue weighted by atomic mass is 127. The lowest BCUT2D eigenvalue weighted by molar-refractivity contribution is 0.399. The molecule has 1 aromatic carbocycles. The summed E-state index contributed by atoms with van der Waals surface area (Å²) in [6.07, 6.45) is 0. The van der Waals surface area contributed by atoms with Crippen LogP contribution in [0.2, 0.25) is 5.02 Å². The van der Waals surface area contributed by atoms with Crippen LogP contribution in [0.5, 0.6) is 5.88 Å². The third kappa shape index (κ3) is 1.79. The van der Waals surface area contributed by atoms with E-state index in [2.05, 4.69) is 27.6 Å². The molecule has 0 aliphatic heterocycles. The fraction of sp³-hybridized carbons (Fsp3) is 0.100. The van der Waals surface area contributed by atoms with E-state index in [4.69, 9.17) is 16.3 Å². The Kier molecular flexibility index (Phi) is 2.78. The van der Waals surface area contributed by atoms with E-state index in [-0.39, 0.29) is 0 Å². The Bertz CT molecular complexity index is 487. The Morgan fingerprint density at radius 2 is 2.14 bits per heavy atom. The Morgan fingerprint density at radius 1 is 1.36 bits per heavy atom. The second-order valence-electron chi connectivity index (χ2n) is 2.81. The summed E-state index contributed by atoms with van der Waals surface area (Å²) in [7, 11) is 1.58. The molecular weight excluding hydrogens is 312 g/mol. The van der Waals surface area contributed by atoms with Crippen molar-refractivity contribution >= 4 is 45.1 Å². The van der Waals surface area contributed by atoms with Gasteiger partial charge in [-0.15, -0.1) is 0 Å². The molecule has 0 bridgehead atoms. The SMILES string of the molecule is COc1cc(Cl)c2cc(I)ccc2n1. The maximum absolute atomic E-state index is 6.09. The topological polar surface area (TPSA) is 22.1 Å². The van der Waals surface area contributed by atoms with Gasteiger partial charge in [-0.25, -0.2) is 4.98 Å². The van der Waals surface area contributed by atoms with Gasteiger partial charge in [-0.2, -0.15) is 0 Å². The minimum Gasteiger partial charge on any atom is -0.481 e. The summed E-state index contributed by atoms with van der Waals surface area (Å²) < 4.78 is 6.18. The van der Waals surface area contributed by atoms with Crippen molar-refractivity contribution in [3.8, 4) is 5.88 Å². The van der Waals surface area contributed by atoms with Crippen molar-refractivity contribution in [1.82, 2.24) is 4.98 Å². The van der Waals surface area contributed by atoms with Crippen LogP contribution >= 0.6 is 34.2 Å². The molecule has 0 saturated heterocycles. The Labute approximate surface area is 100 Å². The van der Waals surface area contributed by atoms with E-state index in [1.54, 1.807) is 13.2 Å². The first-order chi connectivity index (χ1) is 6.70. The summed E-state index contributed by atoms with van der Waals surface area (Å²) in [5.41, 5.74) is 0.856. The van der Waals surface area contributed by atoms with Crippen molar-refractivity contribution in [3.63, 3.8) is 0 Å². The van der Waals surface area contributed by atoms with Crippen molar-refractivity contribution in [2.75, 3.05) is 7.11 Å². The molecule has 2 rings (SSSR count). The zero-order valence-electron chi connectivity index (χ0n) is 7.42. The monoisotopic (exact) mass is 319 g/mol. The molecule has 0 radical (unpaired) electrons. The van der Waals surface area contributed by atoms with E-state index >= 15 is 0 Å². The molecule has 0 amide bonds. The summed E-state index contributed by atoms with van der Waals surface area (Å²) in [4.78, 5) is 4.29. The van der Waals surface area contributed by atoms with Crippen LogP contribution in [0.3, 0.4) is 0 Å².